The Morgan fingerprint density at radius 1 is 1.08 bits per heavy atom. The summed E-state index contributed by atoms with van der Waals surface area (Å²) in [4.78, 5) is 4.14. The van der Waals surface area contributed by atoms with E-state index in [1.807, 2.05) is 0 Å². The number of alkyl halides is 6. The first-order chi connectivity index (χ1) is 17.5. The minimum atomic E-state index is -4.70. The quantitative estimate of drug-likeness (QED) is 0.394. The van der Waals surface area contributed by atoms with Gasteiger partial charge in [0.15, 0.2) is 0 Å². The van der Waals surface area contributed by atoms with Crippen LogP contribution >= 0.6 is 11.3 Å². The van der Waals surface area contributed by atoms with Crippen molar-refractivity contribution in [2.75, 3.05) is 6.61 Å². The summed E-state index contributed by atoms with van der Waals surface area (Å²) in [5.41, 5.74) is -3.58. The van der Waals surface area contributed by atoms with E-state index in [2.05, 4.69) is 20.5 Å². The van der Waals surface area contributed by atoms with Crippen LogP contribution in [0.15, 0.2) is 18.5 Å². The third kappa shape index (κ3) is 5.20. The summed E-state index contributed by atoms with van der Waals surface area (Å²) in [6, 6.07) is 1.02. The molecular formula is C23H25F6N5O3S. The van der Waals surface area contributed by atoms with Crippen molar-refractivity contribution >= 4 is 22.4 Å². The van der Waals surface area contributed by atoms with Gasteiger partial charge in [-0.25, -0.2) is 4.98 Å². The summed E-state index contributed by atoms with van der Waals surface area (Å²) in [6.45, 7) is 3.19. The van der Waals surface area contributed by atoms with Crippen LogP contribution in [0.1, 0.15) is 61.2 Å². The Kier molecular flexibility index (Phi) is 6.44. The van der Waals surface area contributed by atoms with Gasteiger partial charge in [-0.1, -0.05) is 11.3 Å². The van der Waals surface area contributed by atoms with Crippen LogP contribution in [-0.2, 0) is 18.0 Å². The molecule has 208 valence electrons. The van der Waals surface area contributed by atoms with Gasteiger partial charge in [0.2, 0.25) is 5.01 Å². The molecule has 2 fully saturated rings. The predicted octanol–water partition coefficient (Wildman–Crippen LogP) is 4.42. The zero-order chi connectivity index (χ0) is 27.7. The lowest BCUT2D eigenvalue weighted by Gasteiger charge is -2.41. The van der Waals surface area contributed by atoms with Gasteiger partial charge < -0.3 is 24.8 Å². The molecule has 3 heterocycles. The molecule has 0 unspecified atom stereocenters. The van der Waals surface area contributed by atoms with Gasteiger partial charge in [-0.3, -0.25) is 0 Å². The molecule has 1 aromatic carbocycles. The maximum Gasteiger partial charge on any atom is 0.445 e. The van der Waals surface area contributed by atoms with E-state index in [0.29, 0.717) is 12.8 Å². The number of aromatic nitrogens is 4. The first-order valence-electron chi connectivity index (χ1n) is 11.9. The Morgan fingerprint density at radius 2 is 1.79 bits per heavy atom. The summed E-state index contributed by atoms with van der Waals surface area (Å²) in [5, 5.41) is 29.7. The van der Waals surface area contributed by atoms with Gasteiger partial charge in [0.05, 0.1) is 28.5 Å². The van der Waals surface area contributed by atoms with Crippen LogP contribution in [0.4, 0.5) is 26.3 Å². The first kappa shape index (κ1) is 27.1. The van der Waals surface area contributed by atoms with Crippen molar-refractivity contribution in [2.24, 2.45) is 0 Å². The fourth-order valence-electron chi connectivity index (χ4n) is 5.40. The number of halogens is 6. The van der Waals surface area contributed by atoms with Crippen molar-refractivity contribution in [3.8, 4) is 5.75 Å². The molecular weight excluding hydrogens is 540 g/mol. The minimum Gasteiger partial charge on any atom is -0.492 e. The Bertz CT molecular complexity index is 1330. The number of imidazole rings is 1. The summed E-state index contributed by atoms with van der Waals surface area (Å²) in [6.07, 6.45) is -7.45. The van der Waals surface area contributed by atoms with Gasteiger partial charge in [0.1, 0.15) is 23.0 Å². The highest BCUT2D eigenvalue weighted by atomic mass is 32.1. The number of nitrogens with zero attached hydrogens (tertiary/aromatic N) is 4. The molecule has 8 nitrogen and oxygen atoms in total. The second kappa shape index (κ2) is 9.03. The van der Waals surface area contributed by atoms with Crippen LogP contribution in [-0.4, -0.2) is 54.3 Å². The molecule has 38 heavy (non-hydrogen) atoms. The molecule has 0 amide bonds. The van der Waals surface area contributed by atoms with Crippen molar-refractivity contribution in [1.82, 2.24) is 25.1 Å². The largest absolute Gasteiger partial charge is 0.492 e. The molecule has 0 spiro atoms. The topological polar surface area (TPSA) is 105 Å². The van der Waals surface area contributed by atoms with Gasteiger partial charge in [-0.15, -0.1) is 10.2 Å². The second-order valence-corrected chi connectivity index (χ2v) is 11.5. The van der Waals surface area contributed by atoms with Crippen LogP contribution in [0.2, 0.25) is 0 Å². The molecule has 1 saturated carbocycles. The fraction of sp³-hybridized carbons (Fsp3) is 0.609. The average Bonchev–Trinajstić information content (AvgIpc) is 3.42. The third-order valence-electron chi connectivity index (χ3n) is 6.96. The lowest BCUT2D eigenvalue weighted by molar-refractivity contribution is -0.138. The fourth-order valence-corrected chi connectivity index (χ4v) is 6.21. The van der Waals surface area contributed by atoms with E-state index < -0.39 is 40.2 Å². The zero-order valence-corrected chi connectivity index (χ0v) is 21.1. The lowest BCUT2D eigenvalue weighted by atomic mass is 9.77. The molecule has 5 rings (SSSR count). The Hall–Kier alpha value is -2.49. The molecule has 2 aliphatic rings. The van der Waals surface area contributed by atoms with Gasteiger partial charge in [-0.2, -0.15) is 26.3 Å². The van der Waals surface area contributed by atoms with Gasteiger partial charge in [0, 0.05) is 30.6 Å². The molecule has 1 saturated heterocycles. The summed E-state index contributed by atoms with van der Waals surface area (Å²) in [5.74, 6) is -0.0884. The monoisotopic (exact) mass is 565 g/mol. The van der Waals surface area contributed by atoms with Crippen LogP contribution in [0, 0.1) is 0 Å². The van der Waals surface area contributed by atoms with E-state index in [1.165, 1.54) is 17.0 Å². The van der Waals surface area contributed by atoms with E-state index in [0.717, 1.165) is 6.07 Å². The van der Waals surface area contributed by atoms with Crippen LogP contribution in [0.3, 0.4) is 0 Å². The summed E-state index contributed by atoms with van der Waals surface area (Å²) >= 11 is 0.264. The molecule has 0 bridgehead atoms. The number of fused-ring (bicyclic) bond motifs is 1. The maximum absolute atomic E-state index is 14.0. The SMILES string of the molecule is C[C@H]1C[C@@](O)(c2nnc(C(F)(F)F)s2)C[C@@H](COc2cc(C(F)(F)F)c3c(c2)ncn3C2CC(C)(O)C2)N1. The molecule has 15 heteroatoms. The third-order valence-corrected chi connectivity index (χ3v) is 8.12. The summed E-state index contributed by atoms with van der Waals surface area (Å²) < 4.78 is 88.2. The Labute approximate surface area is 216 Å². The lowest BCUT2D eigenvalue weighted by Crippen LogP contribution is -2.53. The minimum absolute atomic E-state index is 0.0750. The van der Waals surface area contributed by atoms with Gasteiger partial charge in [0.25, 0.3) is 0 Å². The number of rotatable bonds is 5. The van der Waals surface area contributed by atoms with Crippen molar-refractivity contribution in [3.63, 3.8) is 0 Å². The first-order valence-corrected chi connectivity index (χ1v) is 12.7. The standard InChI is InChI=1S/C23H25F6N5O3S/c1-11-5-21(36,18-32-33-19(38-18)23(27,28)29)6-12(31-11)9-37-14-3-15(22(24,25)26)17-16(4-14)30-10-34(17)13-7-20(2,35)8-13/h3-4,10-13,31,35-36H,5-9H2,1-2H3/t11-,12-,13?,20?,21-/m0/s1. The van der Waals surface area contributed by atoms with E-state index >= 15 is 0 Å². The molecule has 3 atom stereocenters. The van der Waals surface area contributed by atoms with Crippen molar-refractivity contribution in [2.45, 2.75) is 81.2 Å². The molecule has 1 aliphatic heterocycles. The van der Waals surface area contributed by atoms with Crippen molar-refractivity contribution in [3.05, 3.63) is 34.0 Å². The van der Waals surface area contributed by atoms with Gasteiger partial charge in [-0.05, 0) is 39.2 Å². The number of piperidine rings is 1. The van der Waals surface area contributed by atoms with Crippen molar-refractivity contribution < 1.29 is 41.3 Å². The number of benzene rings is 1. The Morgan fingerprint density at radius 3 is 2.39 bits per heavy atom. The maximum atomic E-state index is 14.0. The normalized spacial score (nSPS) is 30.4. The highest BCUT2D eigenvalue weighted by Crippen LogP contribution is 2.45. The molecule has 2 aromatic heterocycles. The second-order valence-electron chi connectivity index (χ2n) is 10.5. The highest BCUT2D eigenvalue weighted by molar-refractivity contribution is 7.11. The number of hydrogen-bond acceptors (Lipinski definition) is 8. The molecule has 3 aromatic rings. The van der Waals surface area contributed by atoms with Crippen LogP contribution < -0.4 is 10.1 Å². The number of hydrogen-bond donors (Lipinski definition) is 3. The number of ether oxygens (including phenoxy) is 1. The van der Waals surface area contributed by atoms with Gasteiger partial charge >= 0.3 is 12.4 Å². The van der Waals surface area contributed by atoms with E-state index in [4.69, 9.17) is 4.74 Å². The van der Waals surface area contributed by atoms with Crippen LogP contribution in [0.5, 0.6) is 5.75 Å². The predicted molar refractivity (Wildman–Crippen MR) is 124 cm³/mol. The van der Waals surface area contributed by atoms with Crippen molar-refractivity contribution in [1.29, 1.82) is 0 Å². The van der Waals surface area contributed by atoms with Crippen LogP contribution in [0.25, 0.3) is 11.0 Å². The molecule has 1 aliphatic carbocycles. The average molecular weight is 566 g/mol. The zero-order valence-electron chi connectivity index (χ0n) is 20.3. The molecule has 3 N–H and O–H groups in total. The van der Waals surface area contributed by atoms with E-state index in [-0.39, 0.29) is 64.7 Å². The smallest absolute Gasteiger partial charge is 0.445 e. The number of nitrogens with one attached hydrogen (secondary N) is 1. The van der Waals surface area contributed by atoms with E-state index in [9.17, 15) is 36.6 Å². The van der Waals surface area contributed by atoms with E-state index in [1.54, 1.807) is 13.8 Å². The summed E-state index contributed by atoms with van der Waals surface area (Å²) in [7, 11) is 0. The molecule has 0 radical (unpaired) electrons. The Balaban J connectivity index is 1.36. The highest BCUT2D eigenvalue weighted by Gasteiger charge is 2.45. The number of aliphatic hydroxyl groups is 2.